The molecule has 2 amide bonds. The third kappa shape index (κ3) is 3.62. The normalized spacial score (nSPS) is 14.5. The molecule has 1 N–H and O–H groups in total. The molecule has 0 unspecified atom stereocenters. The lowest BCUT2D eigenvalue weighted by Crippen LogP contribution is -2.25. The number of anilines is 2. The Balaban J connectivity index is 1.93. The smallest absolute Gasteiger partial charge is 0.256 e. The predicted molar refractivity (Wildman–Crippen MR) is 100 cm³/mol. The van der Waals surface area contributed by atoms with Crippen LogP contribution in [0.2, 0.25) is 0 Å². The highest BCUT2D eigenvalue weighted by molar-refractivity contribution is 7.90. The number of rotatable bonds is 4. The van der Waals surface area contributed by atoms with Crippen molar-refractivity contribution in [2.45, 2.75) is 24.7 Å². The number of hydrogen-bond acceptors (Lipinski definition) is 4. The average Bonchev–Trinajstić information content (AvgIpc) is 3.00. The molecule has 7 heteroatoms. The molecule has 1 fully saturated rings. The van der Waals surface area contributed by atoms with E-state index in [1.807, 2.05) is 6.07 Å². The van der Waals surface area contributed by atoms with E-state index in [9.17, 15) is 18.0 Å². The third-order valence-electron chi connectivity index (χ3n) is 4.40. The quantitative estimate of drug-likeness (QED) is 0.894. The number of nitrogens with one attached hydrogen (secondary N) is 1. The van der Waals surface area contributed by atoms with Gasteiger partial charge in [0.15, 0.2) is 9.84 Å². The summed E-state index contributed by atoms with van der Waals surface area (Å²) in [7, 11) is -3.41. The van der Waals surface area contributed by atoms with Gasteiger partial charge in [-0.3, -0.25) is 9.59 Å². The van der Waals surface area contributed by atoms with Crippen molar-refractivity contribution in [2.24, 2.45) is 0 Å². The highest BCUT2D eigenvalue weighted by atomic mass is 32.2. The number of carbonyl (C=O) groups excluding carboxylic acids is 2. The van der Waals surface area contributed by atoms with Gasteiger partial charge in [-0.05, 0) is 43.2 Å². The molecule has 3 rings (SSSR count). The lowest BCUT2D eigenvalue weighted by molar-refractivity contribution is -0.117. The second kappa shape index (κ2) is 6.92. The van der Waals surface area contributed by atoms with Crippen LogP contribution in [0.15, 0.2) is 47.4 Å². The van der Waals surface area contributed by atoms with Gasteiger partial charge in [-0.15, -0.1) is 0 Å². The van der Waals surface area contributed by atoms with Gasteiger partial charge in [-0.25, -0.2) is 8.42 Å². The maximum absolute atomic E-state index is 12.8. The second-order valence-electron chi connectivity index (χ2n) is 6.37. The Hall–Kier alpha value is -2.67. The molecule has 26 heavy (non-hydrogen) atoms. The fourth-order valence-corrected chi connectivity index (χ4v) is 3.63. The number of benzene rings is 2. The fraction of sp³-hybridized carbons (Fsp3) is 0.263. The summed E-state index contributed by atoms with van der Waals surface area (Å²) in [5.74, 6) is -0.381. The van der Waals surface area contributed by atoms with Crippen molar-refractivity contribution in [3.8, 4) is 0 Å². The molecule has 2 aromatic rings. The molecule has 0 spiro atoms. The number of carbonyl (C=O) groups is 2. The first-order valence-corrected chi connectivity index (χ1v) is 10.2. The molecule has 1 heterocycles. The minimum atomic E-state index is -3.41. The van der Waals surface area contributed by atoms with Crippen LogP contribution in [0, 0.1) is 6.92 Å². The van der Waals surface area contributed by atoms with Crippen molar-refractivity contribution < 1.29 is 18.0 Å². The van der Waals surface area contributed by atoms with Crippen LogP contribution in [0.3, 0.4) is 0 Å². The van der Waals surface area contributed by atoms with E-state index in [1.165, 1.54) is 12.1 Å². The maximum Gasteiger partial charge on any atom is 0.256 e. The van der Waals surface area contributed by atoms with E-state index in [4.69, 9.17) is 0 Å². The van der Waals surface area contributed by atoms with Crippen LogP contribution in [0.25, 0.3) is 0 Å². The Kier molecular flexibility index (Phi) is 4.82. The summed E-state index contributed by atoms with van der Waals surface area (Å²) in [5.41, 5.74) is 2.14. The van der Waals surface area contributed by atoms with Crippen LogP contribution in [0.1, 0.15) is 28.8 Å². The summed E-state index contributed by atoms with van der Waals surface area (Å²) in [6.45, 7) is 2.37. The zero-order chi connectivity index (χ0) is 18.9. The van der Waals surface area contributed by atoms with Crippen LogP contribution >= 0.6 is 0 Å². The standard InChI is InChI=1S/C19H20N2O4S/c1-13-9-10-14(26(2,24)25)12-15(13)19(23)20-16-6-3-4-7-17(16)21-11-5-8-18(21)22/h3-4,6-7,9-10,12H,5,8,11H2,1-2H3,(H,20,23). The van der Waals surface area contributed by atoms with Crippen LogP contribution in [0.5, 0.6) is 0 Å². The monoisotopic (exact) mass is 372 g/mol. The molecule has 0 saturated carbocycles. The Morgan fingerprint density at radius 1 is 1.15 bits per heavy atom. The molecular formula is C19H20N2O4S. The number of nitrogens with zero attached hydrogens (tertiary/aromatic N) is 1. The number of hydrogen-bond donors (Lipinski definition) is 1. The fourth-order valence-electron chi connectivity index (χ4n) is 2.98. The van der Waals surface area contributed by atoms with E-state index in [2.05, 4.69) is 5.32 Å². The van der Waals surface area contributed by atoms with Gasteiger partial charge >= 0.3 is 0 Å². The summed E-state index contributed by atoms with van der Waals surface area (Å²) in [6, 6.07) is 11.6. The molecule has 1 aliphatic rings. The molecule has 2 aromatic carbocycles. The topological polar surface area (TPSA) is 83.6 Å². The molecular weight excluding hydrogens is 352 g/mol. The van der Waals surface area contributed by atoms with Gasteiger partial charge < -0.3 is 10.2 Å². The lowest BCUT2D eigenvalue weighted by Gasteiger charge is -2.20. The predicted octanol–water partition coefficient (Wildman–Crippen LogP) is 2.78. The van der Waals surface area contributed by atoms with Crippen molar-refractivity contribution in [1.29, 1.82) is 0 Å². The summed E-state index contributed by atoms with van der Waals surface area (Å²) >= 11 is 0. The Labute approximate surface area is 152 Å². The van der Waals surface area contributed by atoms with E-state index in [0.29, 0.717) is 29.9 Å². The Morgan fingerprint density at radius 2 is 1.88 bits per heavy atom. The van der Waals surface area contributed by atoms with Crippen LogP contribution in [0.4, 0.5) is 11.4 Å². The third-order valence-corrected chi connectivity index (χ3v) is 5.51. The van der Waals surface area contributed by atoms with E-state index in [-0.39, 0.29) is 16.4 Å². The average molecular weight is 372 g/mol. The Bertz CT molecular complexity index is 983. The van der Waals surface area contributed by atoms with Crippen molar-refractivity contribution in [2.75, 3.05) is 23.0 Å². The first-order valence-electron chi connectivity index (χ1n) is 8.29. The van der Waals surface area contributed by atoms with E-state index in [0.717, 1.165) is 12.7 Å². The zero-order valence-electron chi connectivity index (χ0n) is 14.7. The van der Waals surface area contributed by atoms with Gasteiger partial charge in [-0.2, -0.15) is 0 Å². The van der Waals surface area contributed by atoms with Gasteiger partial charge in [0.05, 0.1) is 16.3 Å². The largest absolute Gasteiger partial charge is 0.320 e. The molecule has 6 nitrogen and oxygen atoms in total. The zero-order valence-corrected chi connectivity index (χ0v) is 15.5. The maximum atomic E-state index is 12.8. The number of aryl methyl sites for hydroxylation is 1. The number of amides is 2. The first kappa shape index (κ1) is 18.1. The van der Waals surface area contributed by atoms with Gasteiger partial charge in [0.2, 0.25) is 5.91 Å². The highest BCUT2D eigenvalue weighted by Crippen LogP contribution is 2.30. The number of sulfone groups is 1. The van der Waals surface area contributed by atoms with Crippen LogP contribution in [-0.2, 0) is 14.6 Å². The molecule has 0 aromatic heterocycles. The summed E-state index contributed by atoms with van der Waals surface area (Å²) in [6.07, 6.45) is 2.39. The van der Waals surface area contributed by atoms with Crippen molar-refractivity contribution >= 4 is 33.0 Å². The van der Waals surface area contributed by atoms with Crippen molar-refractivity contribution in [1.82, 2.24) is 0 Å². The van der Waals surface area contributed by atoms with Gasteiger partial charge in [0, 0.05) is 24.8 Å². The second-order valence-corrected chi connectivity index (χ2v) is 8.38. The van der Waals surface area contributed by atoms with Crippen LogP contribution in [-0.4, -0.2) is 33.0 Å². The van der Waals surface area contributed by atoms with Crippen LogP contribution < -0.4 is 10.2 Å². The van der Waals surface area contributed by atoms with Crippen molar-refractivity contribution in [3.05, 3.63) is 53.6 Å². The van der Waals surface area contributed by atoms with E-state index in [1.54, 1.807) is 36.1 Å². The lowest BCUT2D eigenvalue weighted by atomic mass is 10.1. The molecule has 0 radical (unpaired) electrons. The SMILES string of the molecule is Cc1ccc(S(C)(=O)=O)cc1C(=O)Nc1ccccc1N1CCCC1=O. The number of para-hydroxylation sites is 2. The van der Waals surface area contributed by atoms with E-state index < -0.39 is 15.7 Å². The van der Waals surface area contributed by atoms with Crippen molar-refractivity contribution in [3.63, 3.8) is 0 Å². The first-order chi connectivity index (χ1) is 12.3. The molecule has 136 valence electrons. The molecule has 0 aliphatic carbocycles. The summed E-state index contributed by atoms with van der Waals surface area (Å²) in [5, 5.41) is 2.82. The molecule has 0 bridgehead atoms. The summed E-state index contributed by atoms with van der Waals surface area (Å²) < 4.78 is 23.5. The highest BCUT2D eigenvalue weighted by Gasteiger charge is 2.24. The minimum absolute atomic E-state index is 0.0296. The van der Waals surface area contributed by atoms with Gasteiger partial charge in [-0.1, -0.05) is 18.2 Å². The molecule has 1 aliphatic heterocycles. The molecule has 1 saturated heterocycles. The molecule has 0 atom stereocenters. The van der Waals surface area contributed by atoms with Gasteiger partial charge in [0.1, 0.15) is 0 Å². The summed E-state index contributed by atoms with van der Waals surface area (Å²) in [4.78, 5) is 26.5. The minimum Gasteiger partial charge on any atom is -0.320 e. The van der Waals surface area contributed by atoms with Gasteiger partial charge in [0.25, 0.3) is 5.91 Å². The van der Waals surface area contributed by atoms with E-state index >= 15 is 0 Å². The Morgan fingerprint density at radius 3 is 2.54 bits per heavy atom.